The number of methoxy groups -OCH3 is 1. The molecule has 1 aliphatic heterocycles. The molecule has 0 unspecified atom stereocenters. The Bertz CT molecular complexity index is 516. The van der Waals surface area contributed by atoms with Crippen molar-refractivity contribution in [1.82, 2.24) is 0 Å². The number of halogens is 1. The normalized spacial score (nSPS) is 16.8. The van der Waals surface area contributed by atoms with Crippen LogP contribution in [0.5, 0.6) is 5.75 Å². The lowest BCUT2D eigenvalue weighted by atomic mass is 9.73. The lowest BCUT2D eigenvalue weighted by Crippen LogP contribution is -2.47. The van der Waals surface area contributed by atoms with Gasteiger partial charge in [-0.3, -0.25) is 0 Å². The fourth-order valence-electron chi connectivity index (χ4n) is 2.58. The molecule has 0 N–H and O–H groups in total. The number of nitriles is 1. The van der Waals surface area contributed by atoms with Crippen LogP contribution in [-0.4, -0.2) is 20.3 Å². The molecular formula is C14H16ClNO2. The number of benzene rings is 1. The summed E-state index contributed by atoms with van der Waals surface area (Å²) < 4.78 is 10.8. The van der Waals surface area contributed by atoms with Crippen molar-refractivity contribution in [3.8, 4) is 11.8 Å². The van der Waals surface area contributed by atoms with E-state index < -0.39 is 0 Å². The molecule has 1 heterocycles. The lowest BCUT2D eigenvalue weighted by molar-refractivity contribution is -0.0589. The van der Waals surface area contributed by atoms with Gasteiger partial charge in [0.05, 0.1) is 31.8 Å². The smallest absolute Gasteiger partial charge is 0.123 e. The van der Waals surface area contributed by atoms with Gasteiger partial charge in [0.25, 0.3) is 0 Å². The summed E-state index contributed by atoms with van der Waals surface area (Å²) in [5.74, 6) is 0.799. The van der Waals surface area contributed by atoms with E-state index in [2.05, 4.69) is 6.07 Å². The van der Waals surface area contributed by atoms with Crippen LogP contribution in [0, 0.1) is 25.2 Å². The summed E-state index contributed by atoms with van der Waals surface area (Å²) in [5, 5.41) is 9.77. The van der Waals surface area contributed by atoms with Gasteiger partial charge in [-0.2, -0.15) is 5.26 Å². The summed E-state index contributed by atoms with van der Waals surface area (Å²) in [7, 11) is 1.64. The van der Waals surface area contributed by atoms with Crippen molar-refractivity contribution in [3.63, 3.8) is 0 Å². The molecule has 1 aliphatic rings. The molecule has 96 valence electrons. The second-order valence-electron chi connectivity index (χ2n) is 4.82. The van der Waals surface area contributed by atoms with E-state index in [1.807, 2.05) is 19.9 Å². The first kappa shape index (κ1) is 13.2. The Morgan fingerprint density at radius 3 is 2.61 bits per heavy atom. The molecular weight excluding hydrogens is 250 g/mol. The highest BCUT2D eigenvalue weighted by Gasteiger charge is 2.44. The topological polar surface area (TPSA) is 42.2 Å². The Kier molecular flexibility index (Phi) is 3.52. The summed E-state index contributed by atoms with van der Waals surface area (Å²) in [6, 6.07) is 4.18. The summed E-state index contributed by atoms with van der Waals surface area (Å²) in [5.41, 5.74) is 2.74. The van der Waals surface area contributed by atoms with Gasteiger partial charge in [-0.25, -0.2) is 0 Å². The highest BCUT2D eigenvalue weighted by atomic mass is 35.5. The zero-order chi connectivity index (χ0) is 13.3. The number of hydrogen-bond acceptors (Lipinski definition) is 3. The maximum absolute atomic E-state index is 9.03. The molecule has 1 aromatic carbocycles. The van der Waals surface area contributed by atoms with Crippen molar-refractivity contribution in [2.75, 3.05) is 20.3 Å². The van der Waals surface area contributed by atoms with Crippen LogP contribution >= 0.6 is 11.6 Å². The van der Waals surface area contributed by atoms with E-state index in [1.54, 1.807) is 7.11 Å². The molecule has 18 heavy (non-hydrogen) atoms. The van der Waals surface area contributed by atoms with Gasteiger partial charge in [0, 0.05) is 17.0 Å². The zero-order valence-corrected chi connectivity index (χ0v) is 11.6. The van der Waals surface area contributed by atoms with Crippen LogP contribution in [0.2, 0.25) is 5.02 Å². The zero-order valence-electron chi connectivity index (χ0n) is 10.8. The first-order valence-corrected chi connectivity index (χ1v) is 6.22. The molecule has 1 fully saturated rings. The fourth-order valence-corrected chi connectivity index (χ4v) is 2.73. The van der Waals surface area contributed by atoms with E-state index in [9.17, 15) is 0 Å². The third-order valence-electron chi connectivity index (χ3n) is 3.57. The minimum atomic E-state index is -0.262. The van der Waals surface area contributed by atoms with Crippen molar-refractivity contribution >= 4 is 11.6 Å². The number of hydrogen-bond donors (Lipinski definition) is 0. The number of ether oxygens (including phenoxy) is 2. The molecule has 1 aromatic rings. The van der Waals surface area contributed by atoms with E-state index in [4.69, 9.17) is 26.3 Å². The second-order valence-corrected chi connectivity index (χ2v) is 5.20. The van der Waals surface area contributed by atoms with E-state index in [1.165, 1.54) is 0 Å². The van der Waals surface area contributed by atoms with Crippen LogP contribution in [0.25, 0.3) is 0 Å². The molecule has 0 amide bonds. The molecule has 0 saturated carbocycles. The summed E-state index contributed by atoms with van der Waals surface area (Å²) >= 11 is 6.32. The Morgan fingerprint density at radius 1 is 1.50 bits per heavy atom. The van der Waals surface area contributed by atoms with Crippen molar-refractivity contribution in [1.29, 1.82) is 5.26 Å². The average molecular weight is 266 g/mol. The van der Waals surface area contributed by atoms with Crippen LogP contribution in [0.1, 0.15) is 23.1 Å². The highest BCUT2D eigenvalue weighted by molar-refractivity contribution is 6.32. The molecule has 0 spiro atoms. The third kappa shape index (κ3) is 1.86. The van der Waals surface area contributed by atoms with E-state index in [-0.39, 0.29) is 5.41 Å². The van der Waals surface area contributed by atoms with Crippen LogP contribution in [0.4, 0.5) is 0 Å². The monoisotopic (exact) mass is 265 g/mol. The van der Waals surface area contributed by atoms with Crippen LogP contribution in [0.3, 0.4) is 0 Å². The van der Waals surface area contributed by atoms with E-state index in [0.29, 0.717) is 19.6 Å². The van der Waals surface area contributed by atoms with Gasteiger partial charge in [-0.05, 0) is 31.0 Å². The molecule has 0 aromatic heterocycles. The Hall–Kier alpha value is -1.24. The Morgan fingerprint density at radius 2 is 2.17 bits per heavy atom. The van der Waals surface area contributed by atoms with Gasteiger partial charge < -0.3 is 9.47 Å². The predicted octanol–water partition coefficient (Wildman–Crippen LogP) is 3.15. The van der Waals surface area contributed by atoms with Gasteiger partial charge in [0.1, 0.15) is 5.75 Å². The van der Waals surface area contributed by atoms with Gasteiger partial charge in [-0.15, -0.1) is 0 Å². The third-order valence-corrected chi connectivity index (χ3v) is 4.15. The van der Waals surface area contributed by atoms with Crippen molar-refractivity contribution in [2.45, 2.75) is 25.7 Å². The molecule has 1 saturated heterocycles. The minimum Gasteiger partial charge on any atom is -0.496 e. The molecule has 0 radical (unpaired) electrons. The van der Waals surface area contributed by atoms with Crippen molar-refractivity contribution in [2.24, 2.45) is 0 Å². The largest absolute Gasteiger partial charge is 0.496 e. The first-order chi connectivity index (χ1) is 8.55. The summed E-state index contributed by atoms with van der Waals surface area (Å²) in [4.78, 5) is 0. The average Bonchev–Trinajstić information content (AvgIpc) is 2.31. The first-order valence-electron chi connectivity index (χ1n) is 5.84. The molecule has 3 nitrogen and oxygen atoms in total. The molecule has 0 atom stereocenters. The highest BCUT2D eigenvalue weighted by Crippen LogP contribution is 2.45. The maximum Gasteiger partial charge on any atom is 0.123 e. The second kappa shape index (κ2) is 4.79. The molecule has 0 aliphatic carbocycles. The van der Waals surface area contributed by atoms with Crippen LogP contribution in [0.15, 0.2) is 6.07 Å². The summed E-state index contributed by atoms with van der Waals surface area (Å²) in [6.07, 6.45) is 0.420. The van der Waals surface area contributed by atoms with Gasteiger partial charge in [0.15, 0.2) is 0 Å². The lowest BCUT2D eigenvalue weighted by Gasteiger charge is -2.42. The Balaban J connectivity index is 2.62. The van der Waals surface area contributed by atoms with E-state index >= 15 is 0 Å². The van der Waals surface area contributed by atoms with Crippen molar-refractivity contribution in [3.05, 3.63) is 27.8 Å². The summed E-state index contributed by atoms with van der Waals surface area (Å²) in [6.45, 7) is 5.04. The maximum atomic E-state index is 9.03. The van der Waals surface area contributed by atoms with Crippen molar-refractivity contribution < 1.29 is 9.47 Å². The standard InChI is InChI=1S/C14H16ClNO2/c1-9-6-11(17-3)12(10(2)13(9)15)14(4-5-16)7-18-8-14/h6H,4,7-8H2,1-3H3. The van der Waals surface area contributed by atoms with Gasteiger partial charge in [0.2, 0.25) is 0 Å². The van der Waals surface area contributed by atoms with Crippen LogP contribution < -0.4 is 4.74 Å². The quantitative estimate of drug-likeness (QED) is 0.843. The Labute approximate surface area is 112 Å². The van der Waals surface area contributed by atoms with Crippen LogP contribution in [-0.2, 0) is 10.2 Å². The molecule has 4 heteroatoms. The van der Waals surface area contributed by atoms with Gasteiger partial charge in [-0.1, -0.05) is 11.6 Å². The number of rotatable bonds is 3. The van der Waals surface area contributed by atoms with Gasteiger partial charge >= 0.3 is 0 Å². The molecule has 2 rings (SSSR count). The molecule has 0 bridgehead atoms. The fraction of sp³-hybridized carbons (Fsp3) is 0.500. The number of nitrogens with zero attached hydrogens (tertiary/aromatic N) is 1. The van der Waals surface area contributed by atoms with E-state index in [0.717, 1.165) is 27.5 Å². The SMILES string of the molecule is COc1cc(C)c(Cl)c(C)c1C1(CC#N)COC1. The predicted molar refractivity (Wildman–Crippen MR) is 70.2 cm³/mol. The minimum absolute atomic E-state index is 0.262. The number of aryl methyl sites for hydroxylation is 1.